The molecule has 0 aromatic heterocycles. The number of nitrogens with one attached hydrogen (secondary N) is 1. The molecule has 3 aromatic carbocycles. The van der Waals surface area contributed by atoms with Crippen molar-refractivity contribution in [2.75, 3.05) is 25.5 Å². The van der Waals surface area contributed by atoms with E-state index in [2.05, 4.69) is 5.32 Å². The highest BCUT2D eigenvalue weighted by Crippen LogP contribution is 2.30. The lowest BCUT2D eigenvalue weighted by Crippen LogP contribution is -2.39. The fourth-order valence-electron chi connectivity index (χ4n) is 3.29. The van der Waals surface area contributed by atoms with E-state index in [-0.39, 0.29) is 28.0 Å². The van der Waals surface area contributed by atoms with Crippen molar-refractivity contribution in [3.05, 3.63) is 87.9 Å². The number of hydrogen-bond acceptors (Lipinski definition) is 4. The maximum atomic E-state index is 13.5. The molecule has 0 bridgehead atoms. The number of aryl methyl sites for hydroxylation is 1. The third-order valence-corrected chi connectivity index (χ3v) is 7.70. The van der Waals surface area contributed by atoms with E-state index >= 15 is 0 Å². The van der Waals surface area contributed by atoms with Gasteiger partial charge < -0.3 is 10.1 Å². The highest BCUT2D eigenvalue weighted by molar-refractivity contribution is 7.89. The van der Waals surface area contributed by atoms with Gasteiger partial charge in [-0.1, -0.05) is 59.6 Å². The minimum absolute atomic E-state index is 0.0856. The Morgan fingerprint density at radius 1 is 1.03 bits per heavy atom. The van der Waals surface area contributed by atoms with E-state index in [1.807, 2.05) is 30.3 Å². The molecule has 6 nitrogen and oxygen atoms in total. The standard InChI is InChI=1S/C24H24Cl2N2O4S/c1-17-15-19(11-12-22(17)32-2)33(30,31)28(14-13-18-7-4-3-5-8-18)16-23(29)27-21-10-6-9-20(25)24(21)26/h3-12,15H,13-14,16H2,1-2H3,(H,27,29). The topological polar surface area (TPSA) is 75.7 Å². The Hall–Kier alpha value is -2.58. The van der Waals surface area contributed by atoms with E-state index in [9.17, 15) is 13.2 Å². The molecule has 174 valence electrons. The van der Waals surface area contributed by atoms with Gasteiger partial charge in [0.25, 0.3) is 0 Å². The Kier molecular flexibility index (Phi) is 8.37. The number of nitrogens with zero attached hydrogens (tertiary/aromatic N) is 1. The van der Waals surface area contributed by atoms with Crippen LogP contribution in [0.25, 0.3) is 0 Å². The highest BCUT2D eigenvalue weighted by Gasteiger charge is 2.27. The lowest BCUT2D eigenvalue weighted by molar-refractivity contribution is -0.116. The van der Waals surface area contributed by atoms with Crippen LogP contribution in [-0.4, -0.2) is 38.8 Å². The maximum Gasteiger partial charge on any atom is 0.243 e. The van der Waals surface area contributed by atoms with E-state index in [1.54, 1.807) is 31.2 Å². The van der Waals surface area contributed by atoms with Crippen molar-refractivity contribution in [2.45, 2.75) is 18.2 Å². The molecule has 33 heavy (non-hydrogen) atoms. The van der Waals surface area contributed by atoms with Crippen LogP contribution in [0, 0.1) is 6.92 Å². The number of hydrogen-bond donors (Lipinski definition) is 1. The third kappa shape index (κ3) is 6.26. The molecule has 0 unspecified atom stereocenters. The third-order valence-electron chi connectivity index (χ3n) is 5.04. The Balaban J connectivity index is 1.87. The van der Waals surface area contributed by atoms with E-state index in [0.717, 1.165) is 9.87 Å². The van der Waals surface area contributed by atoms with E-state index < -0.39 is 15.9 Å². The van der Waals surface area contributed by atoms with Crippen molar-refractivity contribution in [3.63, 3.8) is 0 Å². The Bertz CT molecular complexity index is 1230. The quantitative estimate of drug-likeness (QED) is 0.433. The normalized spacial score (nSPS) is 11.4. The number of methoxy groups -OCH3 is 1. The summed E-state index contributed by atoms with van der Waals surface area (Å²) >= 11 is 12.2. The predicted molar refractivity (Wildman–Crippen MR) is 132 cm³/mol. The zero-order valence-electron chi connectivity index (χ0n) is 18.2. The molecule has 1 N–H and O–H groups in total. The van der Waals surface area contributed by atoms with E-state index in [1.165, 1.54) is 19.2 Å². The van der Waals surface area contributed by atoms with Gasteiger partial charge >= 0.3 is 0 Å². The number of rotatable bonds is 9. The Morgan fingerprint density at radius 3 is 2.42 bits per heavy atom. The van der Waals surface area contributed by atoms with Crippen LogP contribution in [0.5, 0.6) is 5.75 Å². The first kappa shape index (κ1) is 25.1. The first-order valence-corrected chi connectivity index (χ1v) is 12.3. The molecule has 0 aliphatic rings. The fourth-order valence-corrected chi connectivity index (χ4v) is 5.12. The van der Waals surface area contributed by atoms with Gasteiger partial charge in [0.2, 0.25) is 15.9 Å². The number of ether oxygens (including phenoxy) is 1. The largest absolute Gasteiger partial charge is 0.496 e. The van der Waals surface area contributed by atoms with Gasteiger partial charge in [0, 0.05) is 6.54 Å². The van der Waals surface area contributed by atoms with Crippen LogP contribution < -0.4 is 10.1 Å². The summed E-state index contributed by atoms with van der Waals surface area (Å²) in [6, 6.07) is 18.9. The van der Waals surface area contributed by atoms with Crippen LogP contribution in [0.4, 0.5) is 5.69 Å². The van der Waals surface area contributed by atoms with Crippen LogP contribution in [-0.2, 0) is 21.2 Å². The second kappa shape index (κ2) is 11.0. The summed E-state index contributed by atoms with van der Waals surface area (Å²) in [7, 11) is -2.44. The summed E-state index contributed by atoms with van der Waals surface area (Å²) in [4.78, 5) is 12.9. The molecule has 0 spiro atoms. The zero-order chi connectivity index (χ0) is 24.0. The molecule has 1 amide bonds. The zero-order valence-corrected chi connectivity index (χ0v) is 20.5. The maximum absolute atomic E-state index is 13.5. The average molecular weight is 507 g/mol. The molecule has 0 fully saturated rings. The number of sulfonamides is 1. The molecule has 0 aliphatic heterocycles. The van der Waals surface area contributed by atoms with Crippen molar-refractivity contribution in [2.24, 2.45) is 0 Å². The molecule has 3 aromatic rings. The molecular weight excluding hydrogens is 483 g/mol. The number of halogens is 2. The molecule has 0 saturated carbocycles. The van der Waals surface area contributed by atoms with Gasteiger partial charge in [-0.2, -0.15) is 4.31 Å². The minimum Gasteiger partial charge on any atom is -0.496 e. The van der Waals surface area contributed by atoms with Gasteiger partial charge in [0.05, 0.1) is 34.3 Å². The summed E-state index contributed by atoms with van der Waals surface area (Å²) in [6.45, 7) is 1.50. The Morgan fingerprint density at radius 2 is 1.76 bits per heavy atom. The molecule has 9 heteroatoms. The summed E-state index contributed by atoms with van der Waals surface area (Å²) in [6.07, 6.45) is 0.445. The van der Waals surface area contributed by atoms with Crippen molar-refractivity contribution in [1.29, 1.82) is 0 Å². The second-order valence-electron chi connectivity index (χ2n) is 7.36. The van der Waals surface area contributed by atoms with Gasteiger partial charge in [-0.25, -0.2) is 8.42 Å². The molecule has 0 atom stereocenters. The predicted octanol–water partition coefficient (Wildman–Crippen LogP) is 5.18. The molecule has 0 saturated heterocycles. The SMILES string of the molecule is COc1ccc(S(=O)(=O)N(CCc2ccccc2)CC(=O)Nc2cccc(Cl)c2Cl)cc1C. The molecule has 3 rings (SSSR count). The number of anilines is 1. The van der Waals surface area contributed by atoms with Crippen LogP contribution >= 0.6 is 23.2 Å². The molecule has 0 aliphatic carbocycles. The van der Waals surface area contributed by atoms with Crippen LogP contribution in [0.1, 0.15) is 11.1 Å². The van der Waals surface area contributed by atoms with E-state index in [0.29, 0.717) is 23.4 Å². The van der Waals surface area contributed by atoms with Crippen LogP contribution in [0.15, 0.2) is 71.6 Å². The van der Waals surface area contributed by atoms with Crippen LogP contribution in [0.2, 0.25) is 10.0 Å². The molecule has 0 heterocycles. The van der Waals surface area contributed by atoms with Gasteiger partial charge in [0.15, 0.2) is 0 Å². The summed E-state index contributed by atoms with van der Waals surface area (Å²) in [5.74, 6) is 0.0548. The molecule has 0 radical (unpaired) electrons. The van der Waals surface area contributed by atoms with Gasteiger partial charge in [-0.15, -0.1) is 0 Å². The number of benzene rings is 3. The first-order valence-electron chi connectivity index (χ1n) is 10.1. The van der Waals surface area contributed by atoms with Crippen molar-refractivity contribution in [3.8, 4) is 5.75 Å². The van der Waals surface area contributed by atoms with Crippen molar-refractivity contribution < 1.29 is 17.9 Å². The van der Waals surface area contributed by atoms with Gasteiger partial charge in [0.1, 0.15) is 5.75 Å². The van der Waals surface area contributed by atoms with Crippen molar-refractivity contribution >= 4 is 44.8 Å². The second-order valence-corrected chi connectivity index (χ2v) is 10.1. The smallest absolute Gasteiger partial charge is 0.243 e. The van der Waals surface area contributed by atoms with Gasteiger partial charge in [-0.05, 0) is 54.8 Å². The van der Waals surface area contributed by atoms with E-state index in [4.69, 9.17) is 27.9 Å². The summed E-state index contributed by atoms with van der Waals surface area (Å²) in [5.41, 5.74) is 1.95. The number of amides is 1. The lowest BCUT2D eigenvalue weighted by atomic mass is 10.1. The fraction of sp³-hybridized carbons (Fsp3) is 0.208. The summed E-state index contributed by atoms with van der Waals surface area (Å²) in [5, 5.41) is 3.13. The minimum atomic E-state index is -3.97. The van der Waals surface area contributed by atoms with Gasteiger partial charge in [-0.3, -0.25) is 4.79 Å². The van der Waals surface area contributed by atoms with Crippen molar-refractivity contribution in [1.82, 2.24) is 4.31 Å². The monoisotopic (exact) mass is 506 g/mol. The first-order chi connectivity index (χ1) is 15.7. The number of carbonyl (C=O) groups is 1. The molecular formula is C24H24Cl2N2O4S. The lowest BCUT2D eigenvalue weighted by Gasteiger charge is -2.22. The van der Waals surface area contributed by atoms with Crippen LogP contribution in [0.3, 0.4) is 0 Å². The summed E-state index contributed by atoms with van der Waals surface area (Å²) < 4.78 is 33.3. The number of carbonyl (C=O) groups excluding carboxylic acids is 1. The average Bonchev–Trinajstić information content (AvgIpc) is 2.80. The highest BCUT2D eigenvalue weighted by atomic mass is 35.5. The Labute approximate surface area is 204 Å².